The molecule has 0 bridgehead atoms. The molecule has 0 N–H and O–H groups in total. The molecule has 1 rings (SSSR count). The molecule has 0 atom stereocenters. The van der Waals surface area contributed by atoms with Crippen LogP contribution in [-0.4, -0.2) is 27.7 Å². The van der Waals surface area contributed by atoms with E-state index < -0.39 is 0 Å². The Balaban J connectivity index is 2.24. The summed E-state index contributed by atoms with van der Waals surface area (Å²) in [6.45, 7) is 4.35. The first kappa shape index (κ1) is 10.2. The zero-order valence-electron chi connectivity index (χ0n) is 7.52. The Labute approximate surface area is 85.7 Å². The van der Waals surface area contributed by atoms with Crippen molar-refractivity contribution in [1.82, 2.24) is 0 Å². The van der Waals surface area contributed by atoms with E-state index in [4.69, 9.17) is 0 Å². The van der Waals surface area contributed by atoms with Crippen molar-refractivity contribution in [2.75, 3.05) is 6.54 Å². The van der Waals surface area contributed by atoms with Crippen LogP contribution in [0.4, 0.5) is 0 Å². The Morgan fingerprint density at radius 3 is 2.77 bits per heavy atom. The van der Waals surface area contributed by atoms with E-state index in [1.165, 1.54) is 4.46 Å². The molecule has 0 unspecified atom stereocenters. The number of hydrogen-bond acceptors (Lipinski definition) is 1. The van der Waals surface area contributed by atoms with Crippen molar-refractivity contribution in [3.63, 3.8) is 0 Å². The molecule has 0 heterocycles. The Morgan fingerprint density at radius 1 is 1.31 bits per heavy atom. The maximum absolute atomic E-state index is 4.18. The molecule has 0 aromatic heterocycles. The van der Waals surface area contributed by atoms with Crippen molar-refractivity contribution in [3.05, 3.63) is 43.0 Å². The van der Waals surface area contributed by atoms with E-state index in [2.05, 4.69) is 35.8 Å². The second-order valence-corrected chi connectivity index (χ2v) is 4.75. The van der Waals surface area contributed by atoms with Gasteiger partial charge in [-0.2, -0.15) is 0 Å². The molecule has 0 aliphatic rings. The minimum atomic E-state index is 0.534. The van der Waals surface area contributed by atoms with Gasteiger partial charge in [0, 0.05) is 0 Å². The number of benzene rings is 1. The molecular formula is C11H13NSe. The molecular weight excluding hydrogens is 225 g/mol. The monoisotopic (exact) mass is 239 g/mol. The second kappa shape index (κ2) is 6.64. The average molecular weight is 238 g/mol. The van der Waals surface area contributed by atoms with E-state index in [1.807, 2.05) is 18.4 Å². The van der Waals surface area contributed by atoms with Gasteiger partial charge in [-0.25, -0.2) is 0 Å². The summed E-state index contributed by atoms with van der Waals surface area (Å²) in [7, 11) is 0. The van der Waals surface area contributed by atoms with Gasteiger partial charge in [-0.15, -0.1) is 0 Å². The summed E-state index contributed by atoms with van der Waals surface area (Å²) in [6, 6.07) is 10.5. The molecule has 1 aromatic rings. The molecule has 2 heteroatoms. The van der Waals surface area contributed by atoms with Crippen LogP contribution in [0.2, 0.25) is 5.32 Å². The SMILES string of the molecule is C=CCN=CC[Se]c1ccccc1. The summed E-state index contributed by atoms with van der Waals surface area (Å²) in [6.07, 6.45) is 3.81. The predicted molar refractivity (Wildman–Crippen MR) is 60.2 cm³/mol. The first-order valence-corrected chi connectivity index (χ1v) is 6.27. The summed E-state index contributed by atoms with van der Waals surface area (Å²) in [5, 5.41) is 1.07. The van der Waals surface area contributed by atoms with Gasteiger partial charge in [0.2, 0.25) is 0 Å². The van der Waals surface area contributed by atoms with Crippen molar-refractivity contribution in [2.45, 2.75) is 5.32 Å². The van der Waals surface area contributed by atoms with Gasteiger partial charge in [0.15, 0.2) is 0 Å². The maximum atomic E-state index is 4.18. The average Bonchev–Trinajstić information content (AvgIpc) is 2.19. The first-order chi connectivity index (χ1) is 6.43. The number of aliphatic imine (C=N–C) groups is 1. The van der Waals surface area contributed by atoms with Crippen LogP contribution in [0.3, 0.4) is 0 Å². The van der Waals surface area contributed by atoms with Crippen LogP contribution in [0.25, 0.3) is 0 Å². The summed E-state index contributed by atoms with van der Waals surface area (Å²) < 4.78 is 1.43. The van der Waals surface area contributed by atoms with Gasteiger partial charge in [-0.05, 0) is 0 Å². The summed E-state index contributed by atoms with van der Waals surface area (Å²) in [5.74, 6) is 0. The van der Waals surface area contributed by atoms with E-state index in [-0.39, 0.29) is 0 Å². The van der Waals surface area contributed by atoms with Gasteiger partial charge in [-0.1, -0.05) is 0 Å². The normalized spacial score (nSPS) is 10.5. The zero-order chi connectivity index (χ0) is 9.36. The fraction of sp³-hybridized carbons (Fsp3) is 0.182. The first-order valence-electron chi connectivity index (χ1n) is 4.20. The Morgan fingerprint density at radius 2 is 2.08 bits per heavy atom. The Kier molecular flexibility index (Phi) is 5.23. The van der Waals surface area contributed by atoms with Crippen LogP contribution in [0.5, 0.6) is 0 Å². The second-order valence-electron chi connectivity index (χ2n) is 2.46. The molecule has 0 saturated carbocycles. The van der Waals surface area contributed by atoms with Crippen LogP contribution in [-0.2, 0) is 0 Å². The molecule has 0 radical (unpaired) electrons. The summed E-state index contributed by atoms with van der Waals surface area (Å²) in [4.78, 5) is 4.18. The van der Waals surface area contributed by atoms with Crippen LogP contribution >= 0.6 is 0 Å². The summed E-state index contributed by atoms with van der Waals surface area (Å²) in [5.41, 5.74) is 0. The Bertz CT molecular complexity index is 267. The topological polar surface area (TPSA) is 12.4 Å². The van der Waals surface area contributed by atoms with Gasteiger partial charge in [0.05, 0.1) is 0 Å². The van der Waals surface area contributed by atoms with Gasteiger partial charge in [0.25, 0.3) is 0 Å². The molecule has 0 aliphatic heterocycles. The molecule has 13 heavy (non-hydrogen) atoms. The third-order valence-corrected chi connectivity index (χ3v) is 3.36. The fourth-order valence-corrected chi connectivity index (χ4v) is 2.37. The third kappa shape index (κ3) is 4.66. The van der Waals surface area contributed by atoms with Crippen molar-refractivity contribution < 1.29 is 0 Å². The van der Waals surface area contributed by atoms with E-state index in [1.54, 1.807) is 0 Å². The van der Waals surface area contributed by atoms with Crippen LogP contribution in [0.15, 0.2) is 48.0 Å². The van der Waals surface area contributed by atoms with Crippen molar-refractivity contribution >= 4 is 25.6 Å². The van der Waals surface area contributed by atoms with Crippen LogP contribution < -0.4 is 4.46 Å². The van der Waals surface area contributed by atoms with Crippen LogP contribution in [0.1, 0.15) is 0 Å². The molecule has 1 aromatic carbocycles. The van der Waals surface area contributed by atoms with Crippen molar-refractivity contribution in [2.24, 2.45) is 4.99 Å². The minimum absolute atomic E-state index is 0.534. The third-order valence-electron chi connectivity index (χ3n) is 1.43. The van der Waals surface area contributed by atoms with Crippen molar-refractivity contribution in [1.29, 1.82) is 0 Å². The van der Waals surface area contributed by atoms with Crippen LogP contribution in [0, 0.1) is 0 Å². The molecule has 0 spiro atoms. The molecule has 0 saturated heterocycles. The quantitative estimate of drug-likeness (QED) is 0.420. The Hall–Kier alpha value is -0.851. The van der Waals surface area contributed by atoms with E-state index in [9.17, 15) is 0 Å². The van der Waals surface area contributed by atoms with Gasteiger partial charge < -0.3 is 0 Å². The fourth-order valence-electron chi connectivity index (χ4n) is 0.852. The number of nitrogens with zero attached hydrogens (tertiary/aromatic N) is 1. The van der Waals surface area contributed by atoms with Gasteiger partial charge >= 0.3 is 85.5 Å². The van der Waals surface area contributed by atoms with E-state index >= 15 is 0 Å². The standard InChI is InChI=1S/C11H13NSe/c1-2-8-12-9-10-13-11-6-4-3-5-7-11/h2-7,9H,1,8,10H2. The molecule has 0 aliphatic carbocycles. The number of rotatable bonds is 5. The van der Waals surface area contributed by atoms with Crippen molar-refractivity contribution in [3.8, 4) is 0 Å². The zero-order valence-corrected chi connectivity index (χ0v) is 9.23. The number of hydrogen-bond donors (Lipinski definition) is 0. The van der Waals surface area contributed by atoms with Gasteiger partial charge in [0.1, 0.15) is 0 Å². The van der Waals surface area contributed by atoms with E-state index in [0.717, 1.165) is 11.9 Å². The molecule has 1 nitrogen and oxygen atoms in total. The molecule has 0 amide bonds. The molecule has 0 fully saturated rings. The summed E-state index contributed by atoms with van der Waals surface area (Å²) >= 11 is 0.534. The van der Waals surface area contributed by atoms with Gasteiger partial charge in [-0.3, -0.25) is 0 Å². The van der Waals surface area contributed by atoms with E-state index in [0.29, 0.717) is 15.0 Å². The predicted octanol–water partition coefficient (Wildman–Crippen LogP) is 1.69. The molecule has 68 valence electrons.